The molecular weight excluding hydrogens is 240 g/mol. The zero-order valence-corrected chi connectivity index (χ0v) is 12.7. The minimum absolute atomic E-state index is 0.474. The summed E-state index contributed by atoms with van der Waals surface area (Å²) in [6, 6.07) is 0. The highest BCUT2D eigenvalue weighted by Crippen LogP contribution is 2.10. The molecule has 0 atom stereocenters. The lowest BCUT2D eigenvalue weighted by Crippen LogP contribution is -2.01. The van der Waals surface area contributed by atoms with Crippen molar-refractivity contribution in [2.45, 2.75) is 77.6 Å². The Labute approximate surface area is 119 Å². The molecule has 19 heavy (non-hydrogen) atoms. The first kappa shape index (κ1) is 18.4. The van der Waals surface area contributed by atoms with Crippen molar-refractivity contribution in [2.24, 2.45) is 0 Å². The molecule has 0 aromatic carbocycles. The number of hydrogen-bond acceptors (Lipinski definition) is 3. The van der Waals surface area contributed by atoms with Gasteiger partial charge >= 0.3 is 0 Å². The van der Waals surface area contributed by atoms with Gasteiger partial charge in [-0.25, -0.2) is 0 Å². The third-order valence-corrected chi connectivity index (χ3v) is 3.26. The second-order valence-electron chi connectivity index (χ2n) is 5.11. The van der Waals surface area contributed by atoms with Gasteiger partial charge in [0.2, 0.25) is 0 Å². The molecular formula is C16H32O3. The van der Waals surface area contributed by atoms with Crippen molar-refractivity contribution < 1.29 is 14.3 Å². The van der Waals surface area contributed by atoms with E-state index in [0.29, 0.717) is 19.7 Å². The Morgan fingerprint density at radius 3 is 1.79 bits per heavy atom. The van der Waals surface area contributed by atoms with E-state index in [4.69, 9.17) is 4.74 Å². The first-order chi connectivity index (χ1) is 9.41. The molecule has 0 aromatic heterocycles. The van der Waals surface area contributed by atoms with Crippen LogP contribution < -0.4 is 0 Å². The summed E-state index contributed by atoms with van der Waals surface area (Å²) in [5.74, 6) is 0. The van der Waals surface area contributed by atoms with Gasteiger partial charge in [0.25, 0.3) is 6.47 Å². The molecule has 0 aliphatic carbocycles. The number of carbonyl (C=O) groups excluding carboxylic acids is 1. The van der Waals surface area contributed by atoms with Crippen molar-refractivity contribution in [3.8, 4) is 0 Å². The summed E-state index contributed by atoms with van der Waals surface area (Å²) >= 11 is 0. The van der Waals surface area contributed by atoms with Gasteiger partial charge in [0.1, 0.15) is 0 Å². The Kier molecular flexibility index (Phi) is 16.9. The molecule has 0 unspecified atom stereocenters. The van der Waals surface area contributed by atoms with Gasteiger partial charge in [0.15, 0.2) is 0 Å². The fourth-order valence-electron chi connectivity index (χ4n) is 2.09. The zero-order chi connectivity index (χ0) is 14.0. The van der Waals surface area contributed by atoms with Crippen molar-refractivity contribution >= 4 is 6.47 Å². The largest absolute Gasteiger partial charge is 0.468 e. The molecule has 114 valence electrons. The number of ether oxygens (including phenoxy) is 2. The Hall–Kier alpha value is -0.570. The van der Waals surface area contributed by atoms with Gasteiger partial charge in [0.05, 0.1) is 6.61 Å². The van der Waals surface area contributed by atoms with Crippen LogP contribution in [0.4, 0.5) is 0 Å². The second kappa shape index (κ2) is 17.4. The number of hydrogen-bond donors (Lipinski definition) is 0. The maximum atomic E-state index is 9.88. The van der Waals surface area contributed by atoms with Crippen LogP contribution in [0.2, 0.25) is 0 Å². The van der Waals surface area contributed by atoms with E-state index >= 15 is 0 Å². The Morgan fingerprint density at radius 2 is 1.21 bits per heavy atom. The van der Waals surface area contributed by atoms with Crippen molar-refractivity contribution in [3.63, 3.8) is 0 Å². The van der Waals surface area contributed by atoms with Gasteiger partial charge in [-0.05, 0) is 6.42 Å². The van der Waals surface area contributed by atoms with E-state index in [-0.39, 0.29) is 0 Å². The summed E-state index contributed by atoms with van der Waals surface area (Å²) in [6.07, 6.45) is 14.3. The second-order valence-corrected chi connectivity index (χ2v) is 5.11. The van der Waals surface area contributed by atoms with Gasteiger partial charge in [-0.3, -0.25) is 4.79 Å². The molecule has 0 radical (unpaired) electrons. The standard InChI is InChI=1S/C16H32O3/c1-2-3-4-5-6-7-8-9-10-11-13-18-14-12-15-19-16-17/h16H,2-15H2,1H3. The average Bonchev–Trinajstić information content (AvgIpc) is 2.43. The van der Waals surface area contributed by atoms with E-state index in [9.17, 15) is 4.79 Å². The molecule has 3 heteroatoms. The molecule has 0 rings (SSSR count). The van der Waals surface area contributed by atoms with Crippen LogP contribution in [0.15, 0.2) is 0 Å². The molecule has 0 aromatic rings. The molecule has 0 aliphatic rings. The summed E-state index contributed by atoms with van der Waals surface area (Å²) in [7, 11) is 0. The van der Waals surface area contributed by atoms with Gasteiger partial charge in [-0.15, -0.1) is 0 Å². The quantitative estimate of drug-likeness (QED) is 0.307. The number of rotatable bonds is 16. The normalized spacial score (nSPS) is 10.6. The maximum absolute atomic E-state index is 9.88. The lowest BCUT2D eigenvalue weighted by molar-refractivity contribution is -0.129. The van der Waals surface area contributed by atoms with Crippen LogP contribution >= 0.6 is 0 Å². The van der Waals surface area contributed by atoms with Crippen LogP contribution in [0.1, 0.15) is 77.6 Å². The molecule has 3 nitrogen and oxygen atoms in total. The molecule has 0 N–H and O–H groups in total. The molecule has 0 fully saturated rings. The summed E-state index contributed by atoms with van der Waals surface area (Å²) < 4.78 is 10.0. The lowest BCUT2D eigenvalue weighted by Gasteiger charge is -2.04. The molecule has 0 bridgehead atoms. The van der Waals surface area contributed by atoms with E-state index in [1.165, 1.54) is 57.8 Å². The fourth-order valence-corrected chi connectivity index (χ4v) is 2.09. The third-order valence-electron chi connectivity index (χ3n) is 3.26. The number of unbranched alkanes of at least 4 members (excludes halogenated alkanes) is 9. The van der Waals surface area contributed by atoms with E-state index in [1.54, 1.807) is 0 Å². The first-order valence-corrected chi connectivity index (χ1v) is 8.04. The van der Waals surface area contributed by atoms with E-state index in [1.807, 2.05) is 0 Å². The summed E-state index contributed by atoms with van der Waals surface area (Å²) in [5, 5.41) is 0. The fraction of sp³-hybridized carbons (Fsp3) is 0.938. The molecule has 0 saturated heterocycles. The number of carbonyl (C=O) groups is 1. The topological polar surface area (TPSA) is 35.5 Å². The van der Waals surface area contributed by atoms with E-state index in [2.05, 4.69) is 11.7 Å². The van der Waals surface area contributed by atoms with Crippen molar-refractivity contribution in [3.05, 3.63) is 0 Å². The van der Waals surface area contributed by atoms with Gasteiger partial charge in [-0.2, -0.15) is 0 Å². The smallest absolute Gasteiger partial charge is 0.293 e. The van der Waals surface area contributed by atoms with Crippen LogP contribution in [-0.4, -0.2) is 26.3 Å². The zero-order valence-electron chi connectivity index (χ0n) is 12.7. The third kappa shape index (κ3) is 17.4. The molecule has 0 saturated carbocycles. The molecule has 0 aliphatic heterocycles. The van der Waals surface area contributed by atoms with E-state index < -0.39 is 0 Å². The van der Waals surface area contributed by atoms with Gasteiger partial charge in [0, 0.05) is 19.6 Å². The van der Waals surface area contributed by atoms with Crippen molar-refractivity contribution in [1.82, 2.24) is 0 Å². The molecule has 0 spiro atoms. The maximum Gasteiger partial charge on any atom is 0.293 e. The highest BCUT2D eigenvalue weighted by Gasteiger charge is 1.93. The summed E-state index contributed by atoms with van der Waals surface area (Å²) in [4.78, 5) is 9.88. The lowest BCUT2D eigenvalue weighted by atomic mass is 10.1. The van der Waals surface area contributed by atoms with Gasteiger partial charge in [-0.1, -0.05) is 64.7 Å². The Bertz CT molecular complexity index is 171. The van der Waals surface area contributed by atoms with Gasteiger partial charge < -0.3 is 9.47 Å². The minimum atomic E-state index is 0.474. The van der Waals surface area contributed by atoms with Crippen LogP contribution in [0.5, 0.6) is 0 Å². The predicted molar refractivity (Wildman–Crippen MR) is 79.3 cm³/mol. The van der Waals surface area contributed by atoms with Crippen LogP contribution in [0, 0.1) is 0 Å². The van der Waals surface area contributed by atoms with Crippen molar-refractivity contribution in [1.29, 1.82) is 0 Å². The minimum Gasteiger partial charge on any atom is -0.468 e. The summed E-state index contributed by atoms with van der Waals surface area (Å²) in [5.41, 5.74) is 0. The first-order valence-electron chi connectivity index (χ1n) is 8.04. The molecule has 0 heterocycles. The Morgan fingerprint density at radius 1 is 0.684 bits per heavy atom. The SMILES string of the molecule is CCCCCCCCCCCCOCCCOC=O. The predicted octanol–water partition coefficient (Wildman–Crippen LogP) is 4.49. The summed E-state index contributed by atoms with van der Waals surface area (Å²) in [6.45, 7) is 4.77. The highest BCUT2D eigenvalue weighted by molar-refractivity contribution is 5.36. The highest BCUT2D eigenvalue weighted by atomic mass is 16.5. The van der Waals surface area contributed by atoms with E-state index in [0.717, 1.165) is 19.4 Å². The van der Waals surface area contributed by atoms with Crippen LogP contribution in [-0.2, 0) is 14.3 Å². The van der Waals surface area contributed by atoms with Crippen molar-refractivity contribution in [2.75, 3.05) is 19.8 Å². The average molecular weight is 272 g/mol. The van der Waals surface area contributed by atoms with Crippen LogP contribution in [0.25, 0.3) is 0 Å². The monoisotopic (exact) mass is 272 g/mol. The van der Waals surface area contributed by atoms with Crippen LogP contribution in [0.3, 0.4) is 0 Å². The Balaban J connectivity index is 2.89. The molecule has 0 amide bonds.